The van der Waals surface area contributed by atoms with E-state index in [1.165, 1.54) is 4.68 Å². The van der Waals surface area contributed by atoms with E-state index >= 15 is 0 Å². The quantitative estimate of drug-likeness (QED) is 0.315. The Labute approximate surface area is 204 Å². The summed E-state index contributed by atoms with van der Waals surface area (Å²) in [5, 5.41) is 5.00. The fourth-order valence-corrected chi connectivity index (χ4v) is 4.02. The third-order valence-corrected chi connectivity index (χ3v) is 5.87. The number of hydrogen-bond acceptors (Lipinski definition) is 6. The van der Waals surface area contributed by atoms with E-state index in [9.17, 15) is 4.79 Å². The highest BCUT2D eigenvalue weighted by Gasteiger charge is 2.15. The van der Waals surface area contributed by atoms with Crippen molar-refractivity contribution in [3.63, 3.8) is 0 Å². The van der Waals surface area contributed by atoms with Gasteiger partial charge in [0, 0.05) is 10.4 Å². The Bertz CT molecular complexity index is 1460. The van der Waals surface area contributed by atoms with Gasteiger partial charge in [-0.3, -0.25) is 4.79 Å². The molecule has 0 saturated carbocycles. The molecule has 0 spiro atoms. The highest BCUT2D eigenvalue weighted by molar-refractivity contribution is 9.10. The lowest BCUT2D eigenvalue weighted by Crippen LogP contribution is -2.23. The summed E-state index contributed by atoms with van der Waals surface area (Å²) in [6, 6.07) is 18.8. The third-order valence-electron chi connectivity index (χ3n) is 5.37. The van der Waals surface area contributed by atoms with Crippen molar-refractivity contribution in [3.05, 3.63) is 92.4 Å². The number of halogens is 1. The third kappa shape index (κ3) is 4.54. The van der Waals surface area contributed by atoms with Crippen LogP contribution in [-0.2, 0) is 6.61 Å². The molecule has 0 atom stereocenters. The lowest BCUT2D eigenvalue weighted by molar-refractivity contribution is 0.174. The Kier molecular flexibility index (Phi) is 6.06. The first-order valence-corrected chi connectivity index (χ1v) is 11.7. The van der Waals surface area contributed by atoms with Crippen molar-refractivity contribution in [2.75, 3.05) is 6.79 Å². The summed E-state index contributed by atoms with van der Waals surface area (Å²) in [7, 11) is 0. The second-order valence-corrected chi connectivity index (χ2v) is 9.11. The van der Waals surface area contributed by atoms with Gasteiger partial charge < -0.3 is 14.2 Å². The number of rotatable bonds is 6. The lowest BCUT2D eigenvalue weighted by atomic mass is 10.2. The monoisotopic (exact) mass is 519 g/mol. The van der Waals surface area contributed by atoms with Crippen LogP contribution >= 0.6 is 15.9 Å². The molecule has 34 heavy (non-hydrogen) atoms. The maximum Gasteiger partial charge on any atom is 0.282 e. The standard InChI is InChI=1S/C26H22BrN3O4/c1-16(2)25-29-22-8-7-19(27)12-21(22)26(31)30(25)28-13-17-4-3-5-20(10-17)32-14-18-6-9-23-24(11-18)34-15-33-23/h3-13,16H,14-15H2,1-2H3. The number of nitrogens with zero attached hydrogens (tertiary/aromatic N) is 3. The minimum absolute atomic E-state index is 0.0225. The SMILES string of the molecule is CC(C)c1nc2ccc(Br)cc2c(=O)n1N=Cc1cccc(OCc2ccc3c(c2)OCO3)c1. The van der Waals surface area contributed by atoms with Crippen LogP contribution in [0, 0.1) is 0 Å². The summed E-state index contributed by atoms with van der Waals surface area (Å²) in [6.45, 7) is 4.61. The largest absolute Gasteiger partial charge is 0.489 e. The summed E-state index contributed by atoms with van der Waals surface area (Å²) in [6.07, 6.45) is 1.65. The summed E-state index contributed by atoms with van der Waals surface area (Å²) in [4.78, 5) is 17.9. The first kappa shape index (κ1) is 22.2. The predicted molar refractivity (Wildman–Crippen MR) is 134 cm³/mol. The molecule has 3 aromatic carbocycles. The van der Waals surface area contributed by atoms with Crippen molar-refractivity contribution in [1.82, 2.24) is 9.66 Å². The molecule has 1 aromatic heterocycles. The first-order chi connectivity index (χ1) is 16.5. The van der Waals surface area contributed by atoms with E-state index in [1.54, 1.807) is 12.3 Å². The van der Waals surface area contributed by atoms with E-state index in [-0.39, 0.29) is 18.3 Å². The van der Waals surface area contributed by atoms with E-state index in [4.69, 9.17) is 14.2 Å². The van der Waals surface area contributed by atoms with Crippen LogP contribution < -0.4 is 19.8 Å². The second kappa shape index (κ2) is 9.30. The van der Waals surface area contributed by atoms with Gasteiger partial charge in [-0.25, -0.2) is 4.98 Å². The normalized spacial score (nSPS) is 12.7. The molecule has 0 saturated heterocycles. The number of ether oxygens (including phenoxy) is 3. The molecule has 0 bridgehead atoms. The van der Waals surface area contributed by atoms with E-state index < -0.39 is 0 Å². The molecule has 1 aliphatic heterocycles. The molecule has 7 nitrogen and oxygen atoms in total. The molecule has 1 aliphatic rings. The van der Waals surface area contributed by atoms with E-state index in [0.29, 0.717) is 29.1 Å². The molecule has 0 aliphatic carbocycles. The van der Waals surface area contributed by atoms with Crippen molar-refractivity contribution in [1.29, 1.82) is 0 Å². The Morgan fingerprint density at radius 3 is 2.82 bits per heavy atom. The lowest BCUT2D eigenvalue weighted by Gasteiger charge is -2.12. The Hall–Kier alpha value is -3.65. The average Bonchev–Trinajstić information content (AvgIpc) is 3.30. The van der Waals surface area contributed by atoms with E-state index in [2.05, 4.69) is 26.0 Å². The van der Waals surface area contributed by atoms with Crippen LogP contribution in [0.2, 0.25) is 0 Å². The number of aromatic nitrogens is 2. The first-order valence-electron chi connectivity index (χ1n) is 10.9. The van der Waals surface area contributed by atoms with Gasteiger partial charge in [0.1, 0.15) is 18.2 Å². The highest BCUT2D eigenvalue weighted by atomic mass is 79.9. The van der Waals surface area contributed by atoms with Gasteiger partial charge in [-0.2, -0.15) is 9.78 Å². The average molecular weight is 520 g/mol. The molecular formula is C26H22BrN3O4. The van der Waals surface area contributed by atoms with Gasteiger partial charge in [0.2, 0.25) is 6.79 Å². The maximum absolute atomic E-state index is 13.2. The topological polar surface area (TPSA) is 74.9 Å². The van der Waals surface area contributed by atoms with Crippen molar-refractivity contribution in [2.24, 2.45) is 5.10 Å². The van der Waals surface area contributed by atoms with Gasteiger partial charge in [-0.1, -0.05) is 48.0 Å². The van der Waals surface area contributed by atoms with Crippen LogP contribution in [0.25, 0.3) is 10.9 Å². The van der Waals surface area contributed by atoms with Crippen LogP contribution in [0.4, 0.5) is 0 Å². The molecule has 0 radical (unpaired) electrons. The minimum Gasteiger partial charge on any atom is -0.489 e. The summed E-state index contributed by atoms with van der Waals surface area (Å²) in [5.74, 6) is 2.79. The summed E-state index contributed by atoms with van der Waals surface area (Å²) >= 11 is 3.43. The van der Waals surface area contributed by atoms with Gasteiger partial charge in [0.25, 0.3) is 5.56 Å². The van der Waals surface area contributed by atoms with Crippen LogP contribution in [0.1, 0.15) is 36.7 Å². The zero-order valence-electron chi connectivity index (χ0n) is 18.7. The smallest absolute Gasteiger partial charge is 0.282 e. The molecule has 5 rings (SSSR count). The van der Waals surface area contributed by atoms with E-state index in [1.807, 2.05) is 68.4 Å². The zero-order valence-corrected chi connectivity index (χ0v) is 20.3. The number of hydrogen-bond donors (Lipinski definition) is 0. The fourth-order valence-electron chi connectivity index (χ4n) is 3.66. The van der Waals surface area contributed by atoms with Crippen molar-refractivity contribution < 1.29 is 14.2 Å². The highest BCUT2D eigenvalue weighted by Crippen LogP contribution is 2.32. The molecule has 0 N–H and O–H groups in total. The minimum atomic E-state index is -0.207. The maximum atomic E-state index is 13.2. The molecule has 172 valence electrons. The van der Waals surface area contributed by atoms with Crippen LogP contribution in [0.15, 0.2) is 75.0 Å². The summed E-state index contributed by atoms with van der Waals surface area (Å²) in [5.41, 5.74) is 2.23. The molecule has 0 amide bonds. The van der Waals surface area contributed by atoms with Crippen LogP contribution in [-0.4, -0.2) is 22.7 Å². The van der Waals surface area contributed by atoms with Crippen LogP contribution in [0.5, 0.6) is 17.2 Å². The van der Waals surface area contributed by atoms with Gasteiger partial charge in [-0.05, 0) is 53.6 Å². The second-order valence-electron chi connectivity index (χ2n) is 8.20. The van der Waals surface area contributed by atoms with Crippen molar-refractivity contribution >= 4 is 33.0 Å². The molecule has 2 heterocycles. The number of fused-ring (bicyclic) bond motifs is 2. The molecular weight excluding hydrogens is 498 g/mol. The number of benzene rings is 3. The van der Waals surface area contributed by atoms with Gasteiger partial charge in [0.05, 0.1) is 17.1 Å². The van der Waals surface area contributed by atoms with Gasteiger partial charge >= 0.3 is 0 Å². The van der Waals surface area contributed by atoms with E-state index in [0.717, 1.165) is 27.1 Å². The molecule has 0 unspecified atom stereocenters. The molecule has 8 heteroatoms. The molecule has 4 aromatic rings. The van der Waals surface area contributed by atoms with Crippen molar-refractivity contribution in [3.8, 4) is 17.2 Å². The zero-order chi connectivity index (χ0) is 23.7. The Balaban J connectivity index is 1.39. The predicted octanol–water partition coefficient (Wildman–Crippen LogP) is 5.47. The van der Waals surface area contributed by atoms with Gasteiger partial charge in [-0.15, -0.1) is 0 Å². The van der Waals surface area contributed by atoms with Crippen LogP contribution in [0.3, 0.4) is 0 Å². The summed E-state index contributed by atoms with van der Waals surface area (Å²) < 4.78 is 18.9. The van der Waals surface area contributed by atoms with Gasteiger partial charge in [0.15, 0.2) is 11.5 Å². The van der Waals surface area contributed by atoms with Crippen molar-refractivity contribution in [2.45, 2.75) is 26.4 Å². The Morgan fingerprint density at radius 1 is 1.12 bits per heavy atom. The fraction of sp³-hybridized carbons (Fsp3) is 0.192. The Morgan fingerprint density at radius 2 is 1.97 bits per heavy atom. The molecule has 0 fully saturated rings.